The number of rotatable bonds is 9. The second-order valence-electron chi connectivity index (χ2n) is 6.02. The molecule has 4 N–H and O–H groups in total. The highest BCUT2D eigenvalue weighted by molar-refractivity contribution is 8.01. The third kappa shape index (κ3) is 7.20. The second-order valence-corrected chi connectivity index (χ2v) is 8.26. The van der Waals surface area contributed by atoms with Gasteiger partial charge in [0.05, 0.1) is 15.7 Å². The number of anilines is 1. The average Bonchev–Trinajstić information content (AvgIpc) is 2.99. The molecule has 0 bridgehead atoms. The summed E-state index contributed by atoms with van der Waals surface area (Å²) in [7, 11) is 1.70. The van der Waals surface area contributed by atoms with E-state index in [0.29, 0.717) is 11.7 Å². The van der Waals surface area contributed by atoms with Crippen molar-refractivity contribution in [3.63, 3.8) is 0 Å². The third-order valence-corrected chi connectivity index (χ3v) is 6.04. The van der Waals surface area contributed by atoms with Gasteiger partial charge in [0.1, 0.15) is 0 Å². The standard InChI is InChI=1S/C18H23N5O3S2/c1-12-16(27-11-14(19)24)28-17(21-12)22-15(25)8-9-20-18(26)23(2)10-13-6-4-3-5-7-13/h3-7H,8-11H2,1-2H3,(H2,19,24)(H,20,26)(H,21,22,25). The topological polar surface area (TPSA) is 117 Å². The highest BCUT2D eigenvalue weighted by Crippen LogP contribution is 2.31. The Balaban J connectivity index is 1.73. The van der Waals surface area contributed by atoms with Crippen molar-refractivity contribution in [2.45, 2.75) is 24.1 Å². The van der Waals surface area contributed by atoms with Crippen molar-refractivity contribution in [2.75, 3.05) is 24.7 Å². The molecule has 8 nitrogen and oxygen atoms in total. The zero-order valence-corrected chi connectivity index (χ0v) is 17.4. The first-order chi connectivity index (χ1) is 13.3. The first kappa shape index (κ1) is 21.7. The number of nitrogens with one attached hydrogen (secondary N) is 2. The normalized spacial score (nSPS) is 10.4. The van der Waals surface area contributed by atoms with Crippen molar-refractivity contribution in [2.24, 2.45) is 5.73 Å². The monoisotopic (exact) mass is 421 g/mol. The Morgan fingerprint density at radius 3 is 2.64 bits per heavy atom. The van der Waals surface area contributed by atoms with E-state index in [1.165, 1.54) is 23.1 Å². The summed E-state index contributed by atoms with van der Waals surface area (Å²) < 4.78 is 0.838. The maximum atomic E-state index is 12.1. The molecule has 4 amide bonds. The summed E-state index contributed by atoms with van der Waals surface area (Å²) in [5.41, 5.74) is 6.91. The minimum Gasteiger partial charge on any atom is -0.369 e. The molecule has 0 spiro atoms. The Hall–Kier alpha value is -2.59. The minimum atomic E-state index is -0.406. The Labute approximate surface area is 171 Å². The lowest BCUT2D eigenvalue weighted by atomic mass is 10.2. The van der Waals surface area contributed by atoms with E-state index >= 15 is 0 Å². The molecular weight excluding hydrogens is 398 g/mol. The van der Waals surface area contributed by atoms with E-state index in [4.69, 9.17) is 5.73 Å². The first-order valence-electron chi connectivity index (χ1n) is 8.56. The predicted molar refractivity (Wildman–Crippen MR) is 111 cm³/mol. The number of nitrogens with zero attached hydrogens (tertiary/aromatic N) is 2. The van der Waals surface area contributed by atoms with E-state index in [1.54, 1.807) is 18.9 Å². The van der Waals surface area contributed by atoms with Gasteiger partial charge in [0.2, 0.25) is 11.8 Å². The number of hydrogen-bond acceptors (Lipinski definition) is 6. The first-order valence-corrected chi connectivity index (χ1v) is 10.4. The number of thiazole rings is 1. The molecule has 150 valence electrons. The van der Waals surface area contributed by atoms with Crippen LogP contribution in [0.1, 0.15) is 17.7 Å². The molecule has 2 aromatic rings. The number of urea groups is 1. The number of benzene rings is 1. The Morgan fingerprint density at radius 2 is 1.96 bits per heavy atom. The number of aryl methyl sites for hydroxylation is 1. The van der Waals surface area contributed by atoms with E-state index in [-0.39, 0.29) is 30.7 Å². The predicted octanol–water partition coefficient (Wildman–Crippen LogP) is 2.20. The fourth-order valence-electron chi connectivity index (χ4n) is 2.24. The van der Waals surface area contributed by atoms with Crippen LogP contribution >= 0.6 is 23.1 Å². The van der Waals surface area contributed by atoms with Crippen LogP contribution in [0.3, 0.4) is 0 Å². The fourth-order valence-corrected chi connectivity index (χ4v) is 4.13. The highest BCUT2D eigenvalue weighted by Gasteiger charge is 2.13. The van der Waals surface area contributed by atoms with Crippen molar-refractivity contribution in [1.82, 2.24) is 15.2 Å². The summed E-state index contributed by atoms with van der Waals surface area (Å²) in [6, 6.07) is 9.41. The van der Waals surface area contributed by atoms with Crippen LogP contribution in [0.4, 0.5) is 9.93 Å². The molecule has 0 saturated carbocycles. The van der Waals surface area contributed by atoms with Crippen LogP contribution in [0.25, 0.3) is 0 Å². The fraction of sp³-hybridized carbons (Fsp3) is 0.333. The Kier molecular flexibility index (Phi) is 8.27. The van der Waals surface area contributed by atoms with Gasteiger partial charge in [-0.3, -0.25) is 9.59 Å². The largest absolute Gasteiger partial charge is 0.369 e. The second kappa shape index (κ2) is 10.7. The van der Waals surface area contributed by atoms with Crippen LogP contribution in [0.15, 0.2) is 34.5 Å². The van der Waals surface area contributed by atoms with Gasteiger partial charge in [-0.05, 0) is 12.5 Å². The molecule has 2 rings (SSSR count). The van der Waals surface area contributed by atoms with Crippen molar-refractivity contribution in [1.29, 1.82) is 0 Å². The summed E-state index contributed by atoms with van der Waals surface area (Å²) in [5.74, 6) is -0.485. The van der Waals surface area contributed by atoms with Gasteiger partial charge < -0.3 is 21.3 Å². The van der Waals surface area contributed by atoms with Crippen molar-refractivity contribution < 1.29 is 14.4 Å². The molecule has 0 aliphatic rings. The average molecular weight is 422 g/mol. The molecule has 1 aromatic heterocycles. The van der Waals surface area contributed by atoms with Crippen LogP contribution in [0, 0.1) is 6.92 Å². The highest BCUT2D eigenvalue weighted by atomic mass is 32.2. The maximum Gasteiger partial charge on any atom is 0.317 e. The number of thioether (sulfide) groups is 1. The molecule has 0 aliphatic carbocycles. The summed E-state index contributed by atoms with van der Waals surface area (Å²) in [6.07, 6.45) is 0.132. The van der Waals surface area contributed by atoms with Gasteiger partial charge in [0, 0.05) is 26.6 Å². The molecule has 28 heavy (non-hydrogen) atoms. The number of nitrogens with two attached hydrogens (primary N) is 1. The van der Waals surface area contributed by atoms with Crippen molar-refractivity contribution >= 4 is 46.1 Å². The summed E-state index contributed by atoms with van der Waals surface area (Å²) >= 11 is 2.59. The number of aromatic nitrogens is 1. The van der Waals surface area contributed by atoms with Gasteiger partial charge in [-0.15, -0.1) is 11.8 Å². The summed E-state index contributed by atoms with van der Waals surface area (Å²) in [4.78, 5) is 40.8. The van der Waals surface area contributed by atoms with E-state index < -0.39 is 5.91 Å². The summed E-state index contributed by atoms with van der Waals surface area (Å²) in [6.45, 7) is 2.51. The molecule has 0 atom stereocenters. The van der Waals surface area contributed by atoms with Crippen LogP contribution in [0.2, 0.25) is 0 Å². The van der Waals surface area contributed by atoms with Crippen molar-refractivity contribution in [3.8, 4) is 0 Å². The molecule has 10 heteroatoms. The molecule has 0 unspecified atom stereocenters. The molecule has 0 saturated heterocycles. The van der Waals surface area contributed by atoms with Gasteiger partial charge in [-0.25, -0.2) is 9.78 Å². The molecule has 0 aliphatic heterocycles. The van der Waals surface area contributed by atoms with Gasteiger partial charge >= 0.3 is 6.03 Å². The summed E-state index contributed by atoms with van der Waals surface area (Å²) in [5, 5.41) is 5.89. The van der Waals surface area contributed by atoms with Gasteiger partial charge in [-0.1, -0.05) is 41.7 Å². The molecule has 0 fully saturated rings. The van der Waals surface area contributed by atoms with Gasteiger partial charge in [0.15, 0.2) is 5.13 Å². The number of hydrogen-bond donors (Lipinski definition) is 3. The molecule has 1 heterocycles. The third-order valence-electron chi connectivity index (χ3n) is 3.58. The molecular formula is C18H23N5O3S2. The maximum absolute atomic E-state index is 12.1. The zero-order valence-electron chi connectivity index (χ0n) is 15.7. The zero-order chi connectivity index (χ0) is 20.5. The van der Waals surface area contributed by atoms with E-state index in [9.17, 15) is 14.4 Å². The van der Waals surface area contributed by atoms with Crippen LogP contribution < -0.4 is 16.4 Å². The van der Waals surface area contributed by atoms with E-state index in [2.05, 4.69) is 15.6 Å². The lowest BCUT2D eigenvalue weighted by Crippen LogP contribution is -2.38. The number of carbonyl (C=O) groups excluding carboxylic acids is 3. The van der Waals surface area contributed by atoms with Crippen LogP contribution in [-0.4, -0.2) is 47.1 Å². The minimum absolute atomic E-state index is 0.132. The number of carbonyl (C=O) groups is 3. The lowest BCUT2D eigenvalue weighted by Gasteiger charge is -2.17. The van der Waals surface area contributed by atoms with Gasteiger partial charge in [0.25, 0.3) is 0 Å². The number of amides is 4. The Morgan fingerprint density at radius 1 is 1.25 bits per heavy atom. The smallest absolute Gasteiger partial charge is 0.317 e. The van der Waals surface area contributed by atoms with E-state index in [1.807, 2.05) is 30.3 Å². The quantitative estimate of drug-likeness (QED) is 0.537. The lowest BCUT2D eigenvalue weighted by molar-refractivity contribution is -0.116. The van der Waals surface area contributed by atoms with Crippen LogP contribution in [0.5, 0.6) is 0 Å². The SMILES string of the molecule is Cc1nc(NC(=O)CCNC(=O)N(C)Cc2ccccc2)sc1SCC(N)=O. The van der Waals surface area contributed by atoms with Crippen molar-refractivity contribution in [3.05, 3.63) is 41.6 Å². The van der Waals surface area contributed by atoms with E-state index in [0.717, 1.165) is 15.5 Å². The van der Waals surface area contributed by atoms with Gasteiger partial charge in [-0.2, -0.15) is 0 Å². The number of primary amides is 1. The van der Waals surface area contributed by atoms with Crippen LogP contribution in [-0.2, 0) is 16.1 Å². The Bertz CT molecular complexity index is 826. The molecule has 0 radical (unpaired) electrons. The molecule has 1 aromatic carbocycles.